The lowest BCUT2D eigenvalue weighted by atomic mass is 10.2. The van der Waals surface area contributed by atoms with Crippen LogP contribution in [0.2, 0.25) is 5.02 Å². The van der Waals surface area contributed by atoms with Crippen molar-refractivity contribution in [1.29, 1.82) is 0 Å². The van der Waals surface area contributed by atoms with Gasteiger partial charge in [0.15, 0.2) is 0 Å². The summed E-state index contributed by atoms with van der Waals surface area (Å²) in [6.07, 6.45) is 0.611. The van der Waals surface area contributed by atoms with Crippen molar-refractivity contribution in [2.45, 2.75) is 13.5 Å². The van der Waals surface area contributed by atoms with Gasteiger partial charge in [0.05, 0.1) is 6.61 Å². The Bertz CT molecular complexity index is 395. The van der Waals surface area contributed by atoms with E-state index in [9.17, 15) is 9.59 Å². The largest absolute Gasteiger partial charge is 0.465 e. The van der Waals surface area contributed by atoms with Crippen LogP contribution in [-0.4, -0.2) is 30.4 Å². The quantitative estimate of drug-likeness (QED) is 0.576. The number of carbonyl (C=O) groups excluding carboxylic acids is 2. The third-order valence-corrected chi connectivity index (χ3v) is 2.49. The monoisotopic (exact) mass is 255 g/mol. The van der Waals surface area contributed by atoms with Gasteiger partial charge in [0.2, 0.25) is 6.41 Å². The van der Waals surface area contributed by atoms with Crippen LogP contribution in [0.4, 0.5) is 0 Å². The molecule has 0 aliphatic rings. The first-order valence-corrected chi connectivity index (χ1v) is 5.63. The van der Waals surface area contributed by atoms with Crippen molar-refractivity contribution in [2.75, 3.05) is 13.2 Å². The maximum absolute atomic E-state index is 11.2. The number of hydrogen-bond donors (Lipinski definition) is 0. The summed E-state index contributed by atoms with van der Waals surface area (Å²) in [5, 5.41) is 0.572. The van der Waals surface area contributed by atoms with Crippen LogP contribution >= 0.6 is 11.6 Å². The molecule has 17 heavy (non-hydrogen) atoms. The van der Waals surface area contributed by atoms with Crippen molar-refractivity contribution in [3.05, 3.63) is 34.9 Å². The number of hydrogen-bond acceptors (Lipinski definition) is 3. The number of amides is 1. The zero-order valence-corrected chi connectivity index (χ0v) is 10.3. The van der Waals surface area contributed by atoms with E-state index in [4.69, 9.17) is 16.3 Å². The van der Waals surface area contributed by atoms with Gasteiger partial charge in [-0.2, -0.15) is 0 Å². The average Bonchev–Trinajstić information content (AvgIpc) is 2.31. The van der Waals surface area contributed by atoms with Crippen LogP contribution in [0.5, 0.6) is 0 Å². The molecule has 0 N–H and O–H groups in total. The highest BCUT2D eigenvalue weighted by Gasteiger charge is 2.11. The maximum Gasteiger partial charge on any atom is 0.325 e. The molecule has 5 heteroatoms. The predicted molar refractivity (Wildman–Crippen MR) is 64.6 cm³/mol. The van der Waals surface area contributed by atoms with Crippen molar-refractivity contribution >= 4 is 24.0 Å². The topological polar surface area (TPSA) is 46.6 Å². The van der Waals surface area contributed by atoms with Crippen LogP contribution in [-0.2, 0) is 20.9 Å². The van der Waals surface area contributed by atoms with Crippen molar-refractivity contribution in [1.82, 2.24) is 4.90 Å². The number of carbonyl (C=O) groups is 2. The number of nitrogens with zero attached hydrogens (tertiary/aromatic N) is 1. The SMILES string of the molecule is CCOC(=O)CN(C=O)Cc1ccccc1Cl. The molecular weight excluding hydrogens is 242 g/mol. The normalized spacial score (nSPS) is 9.76. The van der Waals surface area contributed by atoms with Crippen LogP contribution in [0.3, 0.4) is 0 Å². The third kappa shape index (κ3) is 4.44. The van der Waals surface area contributed by atoms with E-state index in [1.807, 2.05) is 18.2 Å². The zero-order chi connectivity index (χ0) is 12.7. The van der Waals surface area contributed by atoms with E-state index in [0.717, 1.165) is 5.56 Å². The standard InChI is InChI=1S/C12H14ClNO3/c1-2-17-12(16)8-14(9-15)7-10-5-3-4-6-11(10)13/h3-6,9H,2,7-8H2,1H3. The Kier molecular flexibility index (Phi) is 5.49. The molecule has 0 aliphatic heterocycles. The van der Waals surface area contributed by atoms with E-state index >= 15 is 0 Å². The summed E-state index contributed by atoms with van der Waals surface area (Å²) in [4.78, 5) is 23.4. The molecule has 0 bridgehead atoms. The minimum absolute atomic E-state index is 0.0669. The number of esters is 1. The van der Waals surface area contributed by atoms with Crippen LogP contribution < -0.4 is 0 Å². The number of ether oxygens (including phenoxy) is 1. The molecule has 4 nitrogen and oxygen atoms in total. The van der Waals surface area contributed by atoms with Crippen molar-refractivity contribution in [3.8, 4) is 0 Å². The first kappa shape index (κ1) is 13.5. The number of rotatable bonds is 6. The van der Waals surface area contributed by atoms with Crippen LogP contribution in [0.15, 0.2) is 24.3 Å². The molecule has 1 amide bonds. The van der Waals surface area contributed by atoms with Gasteiger partial charge in [-0.05, 0) is 18.6 Å². The molecule has 1 aromatic carbocycles. The lowest BCUT2D eigenvalue weighted by Crippen LogP contribution is -2.29. The van der Waals surface area contributed by atoms with Gasteiger partial charge in [-0.15, -0.1) is 0 Å². The smallest absolute Gasteiger partial charge is 0.325 e. The van der Waals surface area contributed by atoms with Crippen molar-refractivity contribution in [2.24, 2.45) is 0 Å². The van der Waals surface area contributed by atoms with Gasteiger partial charge in [0.1, 0.15) is 6.54 Å². The molecule has 1 aromatic rings. The second kappa shape index (κ2) is 6.91. The molecule has 1 rings (SSSR count). The second-order valence-electron chi connectivity index (χ2n) is 3.41. The minimum atomic E-state index is -0.424. The van der Waals surface area contributed by atoms with Gasteiger partial charge >= 0.3 is 5.97 Å². The summed E-state index contributed by atoms with van der Waals surface area (Å²) >= 11 is 5.96. The van der Waals surface area contributed by atoms with Gasteiger partial charge in [-0.3, -0.25) is 9.59 Å². The van der Waals surface area contributed by atoms with E-state index in [1.54, 1.807) is 13.0 Å². The van der Waals surface area contributed by atoms with Gasteiger partial charge in [0, 0.05) is 11.6 Å². The molecule has 0 radical (unpaired) electrons. The van der Waals surface area contributed by atoms with Crippen LogP contribution in [0, 0.1) is 0 Å². The Morgan fingerprint density at radius 2 is 2.18 bits per heavy atom. The third-order valence-electron chi connectivity index (χ3n) is 2.12. The van der Waals surface area contributed by atoms with Gasteiger partial charge in [0.25, 0.3) is 0 Å². The second-order valence-corrected chi connectivity index (χ2v) is 3.81. The predicted octanol–water partition coefficient (Wildman–Crippen LogP) is 1.86. The molecule has 0 aliphatic carbocycles. The summed E-state index contributed by atoms with van der Waals surface area (Å²) in [7, 11) is 0. The molecular formula is C12H14ClNO3. The summed E-state index contributed by atoms with van der Waals surface area (Å²) in [5.41, 5.74) is 0.797. The molecule has 0 spiro atoms. The summed E-state index contributed by atoms with van der Waals surface area (Å²) in [6.45, 7) is 2.25. The fourth-order valence-electron chi connectivity index (χ4n) is 1.35. The van der Waals surface area contributed by atoms with E-state index in [1.165, 1.54) is 4.90 Å². The molecule has 0 unspecified atom stereocenters. The van der Waals surface area contributed by atoms with Gasteiger partial charge in [-0.1, -0.05) is 29.8 Å². The summed E-state index contributed by atoms with van der Waals surface area (Å²) < 4.78 is 4.77. The number of halogens is 1. The van der Waals surface area contributed by atoms with E-state index in [0.29, 0.717) is 24.6 Å². The zero-order valence-electron chi connectivity index (χ0n) is 9.56. The van der Waals surface area contributed by atoms with Crippen LogP contribution in [0.25, 0.3) is 0 Å². The van der Waals surface area contributed by atoms with Crippen molar-refractivity contribution in [3.63, 3.8) is 0 Å². The lowest BCUT2D eigenvalue weighted by molar-refractivity contribution is -0.146. The minimum Gasteiger partial charge on any atom is -0.465 e. The molecule has 0 saturated heterocycles. The summed E-state index contributed by atoms with van der Waals surface area (Å²) in [6, 6.07) is 7.19. The summed E-state index contributed by atoms with van der Waals surface area (Å²) in [5.74, 6) is -0.424. The maximum atomic E-state index is 11.2. The molecule has 0 fully saturated rings. The Balaban J connectivity index is 2.61. The van der Waals surface area contributed by atoms with Gasteiger partial charge in [-0.25, -0.2) is 0 Å². The average molecular weight is 256 g/mol. The first-order valence-electron chi connectivity index (χ1n) is 5.25. The molecule has 0 aromatic heterocycles. The van der Waals surface area contributed by atoms with Crippen molar-refractivity contribution < 1.29 is 14.3 Å². The Labute approximate surface area is 105 Å². The lowest BCUT2D eigenvalue weighted by Gasteiger charge is -2.16. The highest BCUT2D eigenvalue weighted by molar-refractivity contribution is 6.31. The first-order chi connectivity index (χ1) is 8.17. The highest BCUT2D eigenvalue weighted by atomic mass is 35.5. The van der Waals surface area contributed by atoms with Crippen LogP contribution in [0.1, 0.15) is 12.5 Å². The van der Waals surface area contributed by atoms with E-state index < -0.39 is 5.97 Å². The highest BCUT2D eigenvalue weighted by Crippen LogP contribution is 2.16. The Morgan fingerprint density at radius 1 is 1.47 bits per heavy atom. The number of benzene rings is 1. The molecule has 92 valence electrons. The Hall–Kier alpha value is -1.55. The molecule has 0 heterocycles. The van der Waals surface area contributed by atoms with Gasteiger partial charge < -0.3 is 9.64 Å². The Morgan fingerprint density at radius 3 is 2.76 bits per heavy atom. The fraction of sp³-hybridized carbons (Fsp3) is 0.333. The van der Waals surface area contributed by atoms with E-state index in [-0.39, 0.29) is 6.54 Å². The fourth-order valence-corrected chi connectivity index (χ4v) is 1.54. The van der Waals surface area contributed by atoms with E-state index in [2.05, 4.69) is 0 Å². The molecule has 0 atom stereocenters. The molecule has 0 saturated carbocycles.